The van der Waals surface area contributed by atoms with E-state index in [0.29, 0.717) is 6.04 Å². The number of nitrogens with zero attached hydrogens (tertiary/aromatic N) is 3. The summed E-state index contributed by atoms with van der Waals surface area (Å²) < 4.78 is 2.06. The molecule has 0 aliphatic carbocycles. The number of piperidine rings is 1. The molecular formula is C10H18N4. The van der Waals surface area contributed by atoms with Gasteiger partial charge in [-0.05, 0) is 19.4 Å². The molecule has 0 saturated carbocycles. The van der Waals surface area contributed by atoms with Crippen molar-refractivity contribution in [2.45, 2.75) is 18.9 Å². The van der Waals surface area contributed by atoms with Gasteiger partial charge in [0, 0.05) is 39.1 Å². The molecule has 2 heterocycles. The van der Waals surface area contributed by atoms with E-state index < -0.39 is 0 Å². The van der Waals surface area contributed by atoms with Crippen molar-refractivity contribution in [1.82, 2.24) is 14.9 Å². The molecule has 2 rings (SSSR count). The van der Waals surface area contributed by atoms with Crippen LogP contribution in [0, 0.1) is 0 Å². The minimum atomic E-state index is 0.588. The number of hydrogen-bond acceptors (Lipinski definition) is 3. The zero-order valence-electron chi connectivity index (χ0n) is 8.90. The summed E-state index contributed by atoms with van der Waals surface area (Å²) in [7, 11) is 4.16. The Labute approximate surface area is 84.9 Å². The molecule has 0 bridgehead atoms. The molecule has 0 radical (unpaired) electrons. The van der Waals surface area contributed by atoms with Crippen molar-refractivity contribution in [3.63, 3.8) is 0 Å². The molecule has 1 aromatic heterocycles. The minimum absolute atomic E-state index is 0.588. The van der Waals surface area contributed by atoms with Gasteiger partial charge in [0.25, 0.3) is 0 Å². The number of aromatic nitrogens is 2. The van der Waals surface area contributed by atoms with Crippen molar-refractivity contribution in [2.24, 2.45) is 7.05 Å². The Bertz CT molecular complexity index is 288. The lowest BCUT2D eigenvalue weighted by Gasteiger charge is -2.32. The maximum Gasteiger partial charge on any atom is 0.205 e. The van der Waals surface area contributed by atoms with Gasteiger partial charge in [-0.15, -0.1) is 0 Å². The zero-order chi connectivity index (χ0) is 9.97. The molecule has 78 valence electrons. The van der Waals surface area contributed by atoms with Crippen molar-refractivity contribution in [3.8, 4) is 0 Å². The van der Waals surface area contributed by atoms with Crippen LogP contribution in [0.3, 0.4) is 0 Å². The van der Waals surface area contributed by atoms with E-state index in [4.69, 9.17) is 0 Å². The molecule has 14 heavy (non-hydrogen) atoms. The summed E-state index contributed by atoms with van der Waals surface area (Å²) in [5.41, 5.74) is 0. The molecule has 1 atom stereocenters. The van der Waals surface area contributed by atoms with Gasteiger partial charge in [0.2, 0.25) is 5.95 Å². The van der Waals surface area contributed by atoms with E-state index in [0.717, 1.165) is 19.0 Å². The topological polar surface area (TPSA) is 33.1 Å². The Kier molecular flexibility index (Phi) is 2.72. The van der Waals surface area contributed by atoms with Gasteiger partial charge in [-0.2, -0.15) is 0 Å². The minimum Gasteiger partial charge on any atom is -0.341 e. The maximum absolute atomic E-state index is 4.35. The first-order valence-corrected chi connectivity index (χ1v) is 5.20. The standard InChI is InChI=1S/C10H18N4/c1-13-7-6-12-10(13)14(2)9-4-3-5-11-8-9/h6-7,9,11H,3-5,8H2,1-2H3. The van der Waals surface area contributed by atoms with Crippen molar-refractivity contribution in [2.75, 3.05) is 25.0 Å². The maximum atomic E-state index is 4.35. The molecular weight excluding hydrogens is 176 g/mol. The fourth-order valence-corrected chi connectivity index (χ4v) is 2.02. The first-order chi connectivity index (χ1) is 6.79. The summed E-state index contributed by atoms with van der Waals surface area (Å²) in [6.45, 7) is 2.23. The van der Waals surface area contributed by atoms with Crippen LogP contribution in [0.1, 0.15) is 12.8 Å². The predicted molar refractivity (Wildman–Crippen MR) is 57.5 cm³/mol. The third-order valence-corrected chi connectivity index (χ3v) is 2.93. The van der Waals surface area contributed by atoms with Gasteiger partial charge in [-0.3, -0.25) is 0 Å². The summed E-state index contributed by atoms with van der Waals surface area (Å²) in [5.74, 6) is 1.05. The van der Waals surface area contributed by atoms with Crippen molar-refractivity contribution in [1.29, 1.82) is 0 Å². The van der Waals surface area contributed by atoms with E-state index in [9.17, 15) is 0 Å². The number of nitrogens with one attached hydrogen (secondary N) is 1. The van der Waals surface area contributed by atoms with E-state index in [1.165, 1.54) is 12.8 Å². The van der Waals surface area contributed by atoms with E-state index >= 15 is 0 Å². The molecule has 0 spiro atoms. The molecule has 1 aliphatic heterocycles. The summed E-state index contributed by atoms with van der Waals surface area (Å²) in [6.07, 6.45) is 6.36. The van der Waals surface area contributed by atoms with Crippen molar-refractivity contribution < 1.29 is 0 Å². The Morgan fingerprint density at radius 3 is 3.07 bits per heavy atom. The third-order valence-electron chi connectivity index (χ3n) is 2.93. The van der Waals surface area contributed by atoms with Gasteiger partial charge in [-0.25, -0.2) is 4.98 Å². The van der Waals surface area contributed by atoms with E-state index in [1.54, 1.807) is 0 Å². The highest BCUT2D eigenvalue weighted by Crippen LogP contribution is 2.15. The molecule has 4 nitrogen and oxygen atoms in total. The smallest absolute Gasteiger partial charge is 0.205 e. The molecule has 0 aromatic carbocycles. The number of hydrogen-bond donors (Lipinski definition) is 1. The second kappa shape index (κ2) is 4.00. The molecule has 1 N–H and O–H groups in total. The fourth-order valence-electron chi connectivity index (χ4n) is 2.02. The van der Waals surface area contributed by atoms with Crippen LogP contribution in [0.2, 0.25) is 0 Å². The second-order valence-electron chi connectivity index (χ2n) is 3.95. The highest BCUT2D eigenvalue weighted by molar-refractivity contribution is 5.31. The summed E-state index contributed by atoms with van der Waals surface area (Å²) >= 11 is 0. The summed E-state index contributed by atoms with van der Waals surface area (Å²) in [6, 6.07) is 0.588. The van der Waals surface area contributed by atoms with Crippen LogP contribution >= 0.6 is 0 Å². The van der Waals surface area contributed by atoms with Crippen LogP contribution < -0.4 is 10.2 Å². The van der Waals surface area contributed by atoms with Gasteiger partial charge in [-0.1, -0.05) is 0 Å². The predicted octanol–water partition coefficient (Wildman–Crippen LogP) is 0.608. The summed E-state index contributed by atoms with van der Waals surface area (Å²) in [5, 5.41) is 3.42. The Hall–Kier alpha value is -1.03. The number of imidazole rings is 1. The highest BCUT2D eigenvalue weighted by atomic mass is 15.3. The van der Waals surface area contributed by atoms with Gasteiger partial charge in [0.15, 0.2) is 0 Å². The highest BCUT2D eigenvalue weighted by Gasteiger charge is 2.19. The lowest BCUT2D eigenvalue weighted by atomic mass is 10.1. The first-order valence-electron chi connectivity index (χ1n) is 5.20. The number of aryl methyl sites for hydroxylation is 1. The van der Waals surface area contributed by atoms with Gasteiger partial charge >= 0.3 is 0 Å². The van der Waals surface area contributed by atoms with Crippen LogP contribution in [0.25, 0.3) is 0 Å². The second-order valence-corrected chi connectivity index (χ2v) is 3.95. The normalized spacial score (nSPS) is 22.3. The molecule has 1 saturated heterocycles. The Morgan fingerprint density at radius 1 is 1.64 bits per heavy atom. The third kappa shape index (κ3) is 1.75. The quantitative estimate of drug-likeness (QED) is 0.749. The van der Waals surface area contributed by atoms with E-state index in [1.807, 2.05) is 19.4 Å². The number of rotatable bonds is 2. The summed E-state index contributed by atoms with van der Waals surface area (Å²) in [4.78, 5) is 6.62. The Morgan fingerprint density at radius 2 is 2.50 bits per heavy atom. The molecule has 1 unspecified atom stereocenters. The largest absolute Gasteiger partial charge is 0.341 e. The fraction of sp³-hybridized carbons (Fsp3) is 0.700. The van der Waals surface area contributed by atoms with Crippen molar-refractivity contribution >= 4 is 5.95 Å². The van der Waals surface area contributed by atoms with E-state index in [-0.39, 0.29) is 0 Å². The first kappa shape index (κ1) is 9.52. The van der Waals surface area contributed by atoms with E-state index in [2.05, 4.69) is 26.8 Å². The number of anilines is 1. The number of likely N-dealkylation sites (N-methyl/N-ethyl adjacent to an activating group) is 1. The SMILES string of the molecule is CN(c1nccn1C)C1CCCNC1. The molecule has 4 heteroatoms. The van der Waals surface area contributed by atoms with Crippen molar-refractivity contribution in [3.05, 3.63) is 12.4 Å². The molecule has 1 aliphatic rings. The van der Waals surface area contributed by atoms with Crippen LogP contribution in [0.5, 0.6) is 0 Å². The monoisotopic (exact) mass is 194 g/mol. The van der Waals surface area contributed by atoms with Crippen LogP contribution in [0.4, 0.5) is 5.95 Å². The van der Waals surface area contributed by atoms with Crippen LogP contribution in [0.15, 0.2) is 12.4 Å². The average molecular weight is 194 g/mol. The van der Waals surface area contributed by atoms with Crippen LogP contribution in [-0.2, 0) is 7.05 Å². The molecule has 1 fully saturated rings. The average Bonchev–Trinajstić information content (AvgIpc) is 2.65. The molecule has 0 amide bonds. The molecule has 1 aromatic rings. The zero-order valence-corrected chi connectivity index (χ0v) is 8.90. The Balaban J connectivity index is 2.07. The van der Waals surface area contributed by atoms with Gasteiger partial charge < -0.3 is 14.8 Å². The van der Waals surface area contributed by atoms with Gasteiger partial charge in [0.1, 0.15) is 0 Å². The van der Waals surface area contributed by atoms with Gasteiger partial charge in [0.05, 0.1) is 0 Å². The lowest BCUT2D eigenvalue weighted by Crippen LogP contribution is -2.45. The van der Waals surface area contributed by atoms with Crippen LogP contribution in [-0.4, -0.2) is 35.7 Å². The lowest BCUT2D eigenvalue weighted by molar-refractivity contribution is 0.439.